The van der Waals surface area contributed by atoms with Gasteiger partial charge >= 0.3 is 5.97 Å². The maximum Gasteiger partial charge on any atom is 0.305 e. The van der Waals surface area contributed by atoms with Gasteiger partial charge in [-0.2, -0.15) is 0 Å². The van der Waals surface area contributed by atoms with Crippen LogP contribution in [0.15, 0.2) is 51.7 Å². The molecule has 1 amide bonds. The highest BCUT2D eigenvalue weighted by Gasteiger charge is 2.11. The van der Waals surface area contributed by atoms with Gasteiger partial charge in [0.25, 0.3) is 5.91 Å². The van der Waals surface area contributed by atoms with E-state index >= 15 is 0 Å². The standard InChI is InChI=1S/C21H19NO5/c1-12-9-13(2)20-16(10-12)17(23)11-18(27-20)14-3-5-15(6-4-14)21(26)22-8-7-19(24)25/h3-6,9-11H,7-8H2,1-2H3,(H,22,26)(H,24,25). The molecule has 0 saturated heterocycles. The molecule has 27 heavy (non-hydrogen) atoms. The Labute approximate surface area is 155 Å². The lowest BCUT2D eigenvalue weighted by Gasteiger charge is -2.08. The number of hydrogen-bond donors (Lipinski definition) is 2. The van der Waals surface area contributed by atoms with Crippen LogP contribution in [0.25, 0.3) is 22.3 Å². The van der Waals surface area contributed by atoms with Gasteiger partial charge in [-0.15, -0.1) is 0 Å². The zero-order valence-corrected chi connectivity index (χ0v) is 15.0. The van der Waals surface area contributed by atoms with E-state index in [1.165, 1.54) is 6.07 Å². The summed E-state index contributed by atoms with van der Waals surface area (Å²) >= 11 is 0. The van der Waals surface area contributed by atoms with Gasteiger partial charge < -0.3 is 14.8 Å². The number of rotatable bonds is 5. The minimum atomic E-state index is -0.970. The number of hydrogen-bond acceptors (Lipinski definition) is 4. The van der Waals surface area contributed by atoms with Crippen molar-refractivity contribution in [2.75, 3.05) is 6.54 Å². The third-order valence-electron chi connectivity index (χ3n) is 4.21. The highest BCUT2D eigenvalue weighted by atomic mass is 16.4. The van der Waals surface area contributed by atoms with E-state index in [0.29, 0.717) is 27.9 Å². The van der Waals surface area contributed by atoms with Crippen molar-refractivity contribution in [2.24, 2.45) is 0 Å². The minimum absolute atomic E-state index is 0.0637. The Bertz CT molecular complexity index is 1080. The lowest BCUT2D eigenvalue weighted by Crippen LogP contribution is -2.25. The first kappa shape index (κ1) is 18.4. The van der Waals surface area contributed by atoms with E-state index in [-0.39, 0.29) is 24.3 Å². The third-order valence-corrected chi connectivity index (χ3v) is 4.21. The smallest absolute Gasteiger partial charge is 0.305 e. The van der Waals surface area contributed by atoms with Gasteiger partial charge in [-0.05, 0) is 43.2 Å². The van der Waals surface area contributed by atoms with Crippen molar-refractivity contribution < 1.29 is 19.1 Å². The fourth-order valence-corrected chi connectivity index (χ4v) is 2.92. The van der Waals surface area contributed by atoms with Crippen molar-refractivity contribution in [1.82, 2.24) is 5.32 Å². The van der Waals surface area contributed by atoms with Crippen molar-refractivity contribution in [3.8, 4) is 11.3 Å². The van der Waals surface area contributed by atoms with Crippen LogP contribution in [-0.2, 0) is 4.79 Å². The Balaban J connectivity index is 1.88. The van der Waals surface area contributed by atoms with E-state index in [1.807, 2.05) is 26.0 Å². The molecule has 2 N–H and O–H groups in total. The average molecular weight is 365 g/mol. The molecule has 0 spiro atoms. The molecule has 0 atom stereocenters. The highest BCUT2D eigenvalue weighted by molar-refractivity contribution is 5.94. The van der Waals surface area contributed by atoms with Crippen molar-refractivity contribution in [3.63, 3.8) is 0 Å². The maximum atomic E-state index is 12.5. The summed E-state index contributed by atoms with van der Waals surface area (Å²) in [5.41, 5.74) is 3.40. The Hall–Kier alpha value is -3.41. The molecule has 6 heteroatoms. The molecule has 3 rings (SSSR count). The van der Waals surface area contributed by atoms with Crippen LogP contribution in [0.1, 0.15) is 27.9 Å². The van der Waals surface area contributed by atoms with Crippen LogP contribution in [-0.4, -0.2) is 23.5 Å². The van der Waals surface area contributed by atoms with Crippen molar-refractivity contribution in [1.29, 1.82) is 0 Å². The summed E-state index contributed by atoms with van der Waals surface area (Å²) < 4.78 is 5.94. The first-order chi connectivity index (χ1) is 12.8. The largest absolute Gasteiger partial charge is 0.481 e. The normalized spacial score (nSPS) is 10.7. The summed E-state index contributed by atoms with van der Waals surface area (Å²) in [7, 11) is 0. The zero-order chi connectivity index (χ0) is 19.6. The van der Waals surface area contributed by atoms with Gasteiger partial charge in [0.2, 0.25) is 0 Å². The topological polar surface area (TPSA) is 96.6 Å². The van der Waals surface area contributed by atoms with Gasteiger partial charge in [0, 0.05) is 23.7 Å². The van der Waals surface area contributed by atoms with E-state index in [0.717, 1.165) is 11.1 Å². The number of nitrogens with one attached hydrogen (secondary N) is 1. The molecular formula is C21H19NO5. The summed E-state index contributed by atoms with van der Waals surface area (Å²) in [4.78, 5) is 35.0. The molecule has 0 bridgehead atoms. The Morgan fingerprint density at radius 1 is 1.07 bits per heavy atom. The molecule has 0 unspecified atom stereocenters. The number of fused-ring (bicyclic) bond motifs is 1. The van der Waals surface area contributed by atoms with Crippen LogP contribution >= 0.6 is 0 Å². The number of carbonyl (C=O) groups is 2. The molecule has 6 nitrogen and oxygen atoms in total. The van der Waals surface area contributed by atoms with Gasteiger partial charge in [0.15, 0.2) is 5.43 Å². The lowest BCUT2D eigenvalue weighted by atomic mass is 10.1. The first-order valence-electron chi connectivity index (χ1n) is 8.50. The number of aryl methyl sites for hydroxylation is 2. The van der Waals surface area contributed by atoms with E-state index in [1.54, 1.807) is 24.3 Å². The van der Waals surface area contributed by atoms with Crippen LogP contribution in [0, 0.1) is 13.8 Å². The van der Waals surface area contributed by atoms with Crippen molar-refractivity contribution in [2.45, 2.75) is 20.3 Å². The monoisotopic (exact) mass is 365 g/mol. The molecule has 0 fully saturated rings. The molecule has 3 aromatic rings. The SMILES string of the molecule is Cc1cc(C)c2oc(-c3ccc(C(=O)NCCC(=O)O)cc3)cc(=O)c2c1. The van der Waals surface area contributed by atoms with E-state index in [9.17, 15) is 14.4 Å². The van der Waals surface area contributed by atoms with E-state index < -0.39 is 5.97 Å². The molecule has 0 saturated carbocycles. The van der Waals surface area contributed by atoms with Gasteiger partial charge in [-0.25, -0.2) is 0 Å². The fourth-order valence-electron chi connectivity index (χ4n) is 2.92. The Kier molecular flexibility index (Phi) is 5.07. The maximum absolute atomic E-state index is 12.5. The summed E-state index contributed by atoms with van der Waals surface area (Å²) in [6.45, 7) is 3.89. The van der Waals surface area contributed by atoms with Crippen LogP contribution in [0.3, 0.4) is 0 Å². The van der Waals surface area contributed by atoms with Crippen molar-refractivity contribution in [3.05, 3.63) is 69.4 Å². The predicted octanol–water partition coefficient (Wildman–Crippen LogP) is 3.28. The summed E-state index contributed by atoms with van der Waals surface area (Å²) in [5, 5.41) is 11.7. The second-order valence-electron chi connectivity index (χ2n) is 6.41. The fraction of sp³-hybridized carbons (Fsp3) is 0.190. The molecule has 1 aromatic heterocycles. The van der Waals surface area contributed by atoms with E-state index in [4.69, 9.17) is 9.52 Å². The van der Waals surface area contributed by atoms with Gasteiger partial charge in [-0.1, -0.05) is 18.2 Å². The molecule has 2 aromatic carbocycles. The van der Waals surface area contributed by atoms with Gasteiger partial charge in [0.05, 0.1) is 11.8 Å². The molecule has 1 heterocycles. The quantitative estimate of drug-likeness (QED) is 0.723. The number of carboxylic acids is 1. The summed E-state index contributed by atoms with van der Waals surface area (Å²) in [5.74, 6) is -0.895. The summed E-state index contributed by atoms with van der Waals surface area (Å²) in [6.07, 6.45) is -0.134. The molecule has 0 aliphatic rings. The van der Waals surface area contributed by atoms with Crippen LogP contribution < -0.4 is 10.7 Å². The lowest BCUT2D eigenvalue weighted by molar-refractivity contribution is -0.136. The summed E-state index contributed by atoms with van der Waals surface area (Å²) in [6, 6.07) is 11.8. The zero-order valence-electron chi connectivity index (χ0n) is 15.0. The van der Waals surface area contributed by atoms with Crippen LogP contribution in [0.5, 0.6) is 0 Å². The molecule has 138 valence electrons. The predicted molar refractivity (Wildman–Crippen MR) is 102 cm³/mol. The second kappa shape index (κ2) is 7.45. The Morgan fingerprint density at radius 2 is 1.78 bits per heavy atom. The number of benzene rings is 2. The van der Waals surface area contributed by atoms with Crippen LogP contribution in [0.4, 0.5) is 0 Å². The highest BCUT2D eigenvalue weighted by Crippen LogP contribution is 2.25. The minimum Gasteiger partial charge on any atom is -0.481 e. The molecular weight excluding hydrogens is 346 g/mol. The number of carboxylic acid groups (broad SMARTS) is 1. The average Bonchev–Trinajstić information content (AvgIpc) is 2.62. The third kappa shape index (κ3) is 4.06. The Morgan fingerprint density at radius 3 is 2.44 bits per heavy atom. The second-order valence-corrected chi connectivity index (χ2v) is 6.41. The number of carbonyl (C=O) groups excluding carboxylic acids is 1. The number of aliphatic carboxylic acids is 1. The molecule has 0 radical (unpaired) electrons. The van der Waals surface area contributed by atoms with Crippen molar-refractivity contribution >= 4 is 22.8 Å². The first-order valence-corrected chi connectivity index (χ1v) is 8.50. The number of amides is 1. The molecule has 0 aliphatic carbocycles. The van der Waals surface area contributed by atoms with Crippen LogP contribution in [0.2, 0.25) is 0 Å². The van der Waals surface area contributed by atoms with Gasteiger partial charge in [0.1, 0.15) is 11.3 Å². The molecule has 0 aliphatic heterocycles. The van der Waals surface area contributed by atoms with E-state index in [2.05, 4.69) is 5.32 Å². The van der Waals surface area contributed by atoms with Gasteiger partial charge in [-0.3, -0.25) is 14.4 Å².